The lowest BCUT2D eigenvalue weighted by atomic mass is 10.0. The zero-order valence-corrected chi connectivity index (χ0v) is 24.1. The molecule has 35 heavy (non-hydrogen) atoms. The molecule has 1 atom stereocenters. The lowest BCUT2D eigenvalue weighted by molar-refractivity contribution is -0.118. The van der Waals surface area contributed by atoms with Crippen LogP contribution in [0, 0.1) is 20.8 Å². The highest BCUT2D eigenvalue weighted by atomic mass is 35.5. The Balaban J connectivity index is 0.000000351. The minimum absolute atomic E-state index is 0.0111. The van der Waals surface area contributed by atoms with Gasteiger partial charge in [-0.15, -0.1) is 34.5 Å². The standard InChI is InChI=1S/C14H20ClNO2.C12H18ClNO2S/c1-4-12-8-6-7-11(3)14(12)16(10-18-5-2)13(17)9-15;1-8-7-17-10(3)12(8)14(11(15)5-13)9(2)6-16-4/h6-8H,4-5,9-10H2,1-3H3;7,9H,5-6H2,1-4H3/t;9-/m.0/s1. The Morgan fingerprint density at radius 2 is 1.69 bits per heavy atom. The summed E-state index contributed by atoms with van der Waals surface area (Å²) in [5, 5.41) is 2.05. The maximum Gasteiger partial charge on any atom is 0.243 e. The number of nitrogens with zero attached hydrogens (tertiary/aromatic N) is 2. The van der Waals surface area contributed by atoms with Gasteiger partial charge in [0.05, 0.1) is 24.0 Å². The molecule has 0 aliphatic carbocycles. The smallest absolute Gasteiger partial charge is 0.243 e. The molecule has 0 bridgehead atoms. The summed E-state index contributed by atoms with van der Waals surface area (Å²) in [7, 11) is 1.63. The normalized spacial score (nSPS) is 11.5. The van der Waals surface area contributed by atoms with Crippen LogP contribution in [0.5, 0.6) is 0 Å². The number of benzene rings is 1. The van der Waals surface area contributed by atoms with Crippen molar-refractivity contribution in [1.29, 1.82) is 0 Å². The molecule has 0 spiro atoms. The predicted molar refractivity (Wildman–Crippen MR) is 149 cm³/mol. The molecule has 0 aliphatic heterocycles. The first-order valence-corrected chi connectivity index (χ1v) is 13.6. The van der Waals surface area contributed by atoms with Crippen LogP contribution in [0.1, 0.15) is 42.3 Å². The number of thiophene rings is 1. The second kappa shape index (κ2) is 16.2. The van der Waals surface area contributed by atoms with E-state index in [0.29, 0.717) is 13.2 Å². The van der Waals surface area contributed by atoms with Gasteiger partial charge in [-0.25, -0.2) is 0 Å². The molecule has 2 rings (SSSR count). The number of halogens is 2. The van der Waals surface area contributed by atoms with Crippen LogP contribution < -0.4 is 9.80 Å². The molecule has 196 valence electrons. The van der Waals surface area contributed by atoms with Crippen molar-refractivity contribution >= 4 is 57.7 Å². The van der Waals surface area contributed by atoms with E-state index in [-0.39, 0.29) is 36.3 Å². The molecule has 1 aromatic heterocycles. The molecule has 0 saturated carbocycles. The van der Waals surface area contributed by atoms with Crippen molar-refractivity contribution < 1.29 is 19.1 Å². The van der Waals surface area contributed by atoms with Gasteiger partial charge in [0.1, 0.15) is 18.5 Å². The number of alkyl halides is 2. The maximum atomic E-state index is 12.0. The third-order valence-electron chi connectivity index (χ3n) is 5.40. The van der Waals surface area contributed by atoms with E-state index < -0.39 is 0 Å². The van der Waals surface area contributed by atoms with Gasteiger partial charge >= 0.3 is 0 Å². The molecule has 0 unspecified atom stereocenters. The van der Waals surface area contributed by atoms with Crippen molar-refractivity contribution in [3.63, 3.8) is 0 Å². The van der Waals surface area contributed by atoms with Gasteiger partial charge in [-0.05, 0) is 63.1 Å². The van der Waals surface area contributed by atoms with E-state index in [1.165, 1.54) is 0 Å². The molecule has 2 aromatic rings. The molecule has 0 N–H and O–H groups in total. The van der Waals surface area contributed by atoms with Gasteiger partial charge in [0, 0.05) is 18.6 Å². The second-order valence-electron chi connectivity index (χ2n) is 8.04. The lowest BCUT2D eigenvalue weighted by Crippen LogP contribution is -2.42. The van der Waals surface area contributed by atoms with Gasteiger partial charge in [0.15, 0.2) is 0 Å². The van der Waals surface area contributed by atoms with Gasteiger partial charge in [-0.2, -0.15) is 0 Å². The molecular formula is C26H38Cl2N2O4S. The third kappa shape index (κ3) is 8.76. The molecule has 0 radical (unpaired) electrons. The fraction of sp³-hybridized carbons (Fsp3) is 0.538. The molecule has 1 aromatic carbocycles. The van der Waals surface area contributed by atoms with E-state index >= 15 is 0 Å². The van der Waals surface area contributed by atoms with E-state index in [4.69, 9.17) is 32.7 Å². The monoisotopic (exact) mass is 544 g/mol. The Labute approximate surface area is 224 Å². The number of hydrogen-bond donors (Lipinski definition) is 0. The number of anilines is 2. The van der Waals surface area contributed by atoms with Crippen LogP contribution in [0.25, 0.3) is 0 Å². The Bertz CT molecular complexity index is 932. The van der Waals surface area contributed by atoms with Crippen molar-refractivity contribution in [3.8, 4) is 0 Å². The van der Waals surface area contributed by atoms with Crippen LogP contribution in [-0.4, -0.2) is 56.7 Å². The average Bonchev–Trinajstić information content (AvgIpc) is 3.18. The minimum Gasteiger partial charge on any atom is -0.383 e. The Morgan fingerprint density at radius 1 is 1.03 bits per heavy atom. The molecular weight excluding hydrogens is 507 g/mol. The Kier molecular flexibility index (Phi) is 14.5. The first-order valence-electron chi connectivity index (χ1n) is 11.6. The number of aryl methyl sites for hydroxylation is 4. The van der Waals surface area contributed by atoms with E-state index in [1.807, 2.05) is 52.8 Å². The minimum atomic E-state index is -0.130. The topological polar surface area (TPSA) is 59.1 Å². The molecule has 6 nitrogen and oxygen atoms in total. The summed E-state index contributed by atoms with van der Waals surface area (Å²) in [6.07, 6.45) is 0.870. The number of carbonyl (C=O) groups excluding carboxylic acids is 2. The molecule has 0 fully saturated rings. The van der Waals surface area contributed by atoms with Crippen molar-refractivity contribution in [2.24, 2.45) is 0 Å². The molecule has 9 heteroatoms. The highest BCUT2D eigenvalue weighted by Crippen LogP contribution is 2.32. The van der Waals surface area contributed by atoms with Gasteiger partial charge in [0.2, 0.25) is 11.8 Å². The zero-order valence-electron chi connectivity index (χ0n) is 21.8. The van der Waals surface area contributed by atoms with Gasteiger partial charge < -0.3 is 14.4 Å². The van der Waals surface area contributed by atoms with E-state index in [2.05, 4.69) is 12.3 Å². The maximum absolute atomic E-state index is 12.0. The summed E-state index contributed by atoms with van der Waals surface area (Å²) in [5.74, 6) is -0.261. The molecule has 1 heterocycles. The SMILES string of the molecule is CCOCN(C(=O)CCl)c1c(C)cccc1CC.COC[C@H](C)N(C(=O)CCl)c1c(C)csc1C. The first-order chi connectivity index (χ1) is 16.7. The lowest BCUT2D eigenvalue weighted by Gasteiger charge is -2.29. The predicted octanol–water partition coefficient (Wildman–Crippen LogP) is 6.09. The number of methoxy groups -OCH3 is 1. The highest BCUT2D eigenvalue weighted by molar-refractivity contribution is 7.10. The van der Waals surface area contributed by atoms with Crippen LogP contribution in [0.2, 0.25) is 0 Å². The fourth-order valence-corrected chi connectivity index (χ4v) is 4.91. The largest absolute Gasteiger partial charge is 0.383 e. The van der Waals surface area contributed by atoms with Crippen molar-refractivity contribution in [2.45, 2.75) is 54.0 Å². The Morgan fingerprint density at radius 3 is 2.17 bits per heavy atom. The summed E-state index contributed by atoms with van der Waals surface area (Å²) >= 11 is 13.0. The third-order valence-corrected chi connectivity index (χ3v) is 6.88. The first kappa shape index (κ1) is 31.4. The van der Waals surface area contributed by atoms with E-state index in [0.717, 1.165) is 39.4 Å². The summed E-state index contributed by atoms with van der Waals surface area (Å²) in [6, 6.07) is 6.01. The van der Waals surface area contributed by atoms with Crippen LogP contribution in [0.3, 0.4) is 0 Å². The number of amides is 2. The van der Waals surface area contributed by atoms with Crippen LogP contribution >= 0.6 is 34.5 Å². The zero-order chi connectivity index (χ0) is 26.5. The quantitative estimate of drug-likeness (QED) is 0.253. The average molecular weight is 546 g/mol. The fourth-order valence-electron chi connectivity index (χ4n) is 3.80. The van der Waals surface area contributed by atoms with Crippen LogP contribution in [-0.2, 0) is 25.5 Å². The van der Waals surface area contributed by atoms with Crippen molar-refractivity contribution in [3.05, 3.63) is 45.1 Å². The summed E-state index contributed by atoms with van der Waals surface area (Å²) in [6.45, 7) is 13.3. The van der Waals surface area contributed by atoms with Crippen LogP contribution in [0.15, 0.2) is 23.6 Å². The summed E-state index contributed by atoms with van der Waals surface area (Å²) in [4.78, 5) is 28.4. The summed E-state index contributed by atoms with van der Waals surface area (Å²) in [5.41, 5.74) is 5.21. The number of rotatable bonds is 11. The van der Waals surface area contributed by atoms with Crippen molar-refractivity contribution in [1.82, 2.24) is 0 Å². The molecule has 2 amide bonds. The van der Waals surface area contributed by atoms with Gasteiger partial charge in [-0.3, -0.25) is 14.5 Å². The van der Waals surface area contributed by atoms with Crippen molar-refractivity contribution in [2.75, 3.05) is 48.6 Å². The number of para-hydroxylation sites is 1. The summed E-state index contributed by atoms with van der Waals surface area (Å²) < 4.78 is 10.5. The van der Waals surface area contributed by atoms with E-state index in [1.54, 1.807) is 28.2 Å². The molecule has 0 aliphatic rings. The van der Waals surface area contributed by atoms with Crippen LogP contribution in [0.4, 0.5) is 11.4 Å². The number of ether oxygens (including phenoxy) is 2. The van der Waals surface area contributed by atoms with Gasteiger partial charge in [-0.1, -0.05) is 25.1 Å². The van der Waals surface area contributed by atoms with Gasteiger partial charge in [0.25, 0.3) is 0 Å². The Hall–Kier alpha value is -1.64. The molecule has 0 saturated heterocycles. The highest BCUT2D eigenvalue weighted by Gasteiger charge is 2.25. The second-order valence-corrected chi connectivity index (χ2v) is 9.66. The number of hydrogen-bond acceptors (Lipinski definition) is 5. The number of carbonyl (C=O) groups is 2. The van der Waals surface area contributed by atoms with E-state index in [9.17, 15) is 9.59 Å².